The van der Waals surface area contributed by atoms with Crippen LogP contribution in [0.4, 0.5) is 5.69 Å². The predicted molar refractivity (Wildman–Crippen MR) is 61.9 cm³/mol. The molecule has 6 heteroatoms. The van der Waals surface area contributed by atoms with Gasteiger partial charge in [-0.25, -0.2) is 0 Å². The van der Waals surface area contributed by atoms with Crippen LogP contribution in [0.5, 0.6) is 0 Å². The van der Waals surface area contributed by atoms with Crippen molar-refractivity contribution in [3.63, 3.8) is 0 Å². The molecule has 17 heavy (non-hydrogen) atoms. The number of hydroxylamine groups is 2. The van der Waals surface area contributed by atoms with Crippen LogP contribution in [-0.2, 0) is 16.2 Å². The number of nitrogens with zero attached hydrogens (tertiary/aromatic N) is 2. The molecule has 0 bridgehead atoms. The molecule has 6 nitrogen and oxygen atoms in total. The average molecular weight is 240 g/mol. The van der Waals surface area contributed by atoms with Crippen LogP contribution in [0.1, 0.15) is 19.4 Å². The van der Waals surface area contributed by atoms with Crippen LogP contribution in [-0.4, -0.2) is 23.4 Å². The van der Waals surface area contributed by atoms with Gasteiger partial charge in [-0.2, -0.15) is 0 Å². The van der Waals surface area contributed by atoms with Crippen molar-refractivity contribution in [2.45, 2.75) is 20.4 Å². The molecule has 0 fully saturated rings. The Bertz CT molecular complexity index is 347. The van der Waals surface area contributed by atoms with Crippen molar-refractivity contribution in [3.8, 4) is 0 Å². The molecule has 0 saturated heterocycles. The number of non-ortho nitro benzene ring substituents is 1. The van der Waals surface area contributed by atoms with Gasteiger partial charge < -0.3 is 0 Å². The maximum Gasteiger partial charge on any atom is 0.269 e. The molecule has 0 aromatic heterocycles. The minimum atomic E-state index is -0.424. The van der Waals surface area contributed by atoms with Gasteiger partial charge in [-0.1, -0.05) is 17.4 Å². The zero-order valence-corrected chi connectivity index (χ0v) is 9.96. The van der Waals surface area contributed by atoms with E-state index >= 15 is 0 Å². The lowest BCUT2D eigenvalue weighted by atomic mass is 10.2. The summed E-state index contributed by atoms with van der Waals surface area (Å²) in [5.74, 6) is 0. The second-order valence-electron chi connectivity index (χ2n) is 3.25. The second kappa shape index (κ2) is 6.95. The van der Waals surface area contributed by atoms with Crippen molar-refractivity contribution in [2.75, 3.05) is 13.2 Å². The van der Waals surface area contributed by atoms with Crippen molar-refractivity contribution in [3.05, 3.63) is 39.9 Å². The van der Waals surface area contributed by atoms with Crippen LogP contribution in [0.3, 0.4) is 0 Å². The third-order valence-electron chi connectivity index (χ3n) is 2.01. The first kappa shape index (κ1) is 13.6. The number of benzene rings is 1. The molecule has 0 saturated carbocycles. The van der Waals surface area contributed by atoms with E-state index in [1.54, 1.807) is 12.1 Å². The number of nitro groups is 1. The largest absolute Gasteiger partial charge is 0.274 e. The molecule has 0 aliphatic heterocycles. The van der Waals surface area contributed by atoms with E-state index in [4.69, 9.17) is 9.68 Å². The summed E-state index contributed by atoms with van der Waals surface area (Å²) in [7, 11) is 0. The number of hydrogen-bond acceptors (Lipinski definition) is 5. The zero-order chi connectivity index (χ0) is 12.7. The maximum atomic E-state index is 10.5. The van der Waals surface area contributed by atoms with Crippen molar-refractivity contribution >= 4 is 5.69 Å². The minimum absolute atomic E-state index is 0.0770. The summed E-state index contributed by atoms with van der Waals surface area (Å²) < 4.78 is 0. The standard InChI is InChI=1S/C11H16N2O4/c1-3-16-12(17-4-2)9-10-5-7-11(8-6-10)13(14)15/h5-8H,3-4,9H2,1-2H3. The third-order valence-corrected chi connectivity index (χ3v) is 2.01. The summed E-state index contributed by atoms with van der Waals surface area (Å²) in [5.41, 5.74) is 0.964. The predicted octanol–water partition coefficient (Wildman–Crippen LogP) is 2.30. The second-order valence-corrected chi connectivity index (χ2v) is 3.25. The lowest BCUT2D eigenvalue weighted by molar-refractivity contribution is -0.385. The van der Waals surface area contributed by atoms with E-state index in [0.29, 0.717) is 19.8 Å². The Morgan fingerprint density at radius 2 is 1.71 bits per heavy atom. The first-order valence-corrected chi connectivity index (χ1v) is 5.44. The molecule has 94 valence electrons. The Morgan fingerprint density at radius 3 is 2.12 bits per heavy atom. The first-order valence-electron chi connectivity index (χ1n) is 5.44. The van der Waals surface area contributed by atoms with E-state index in [1.165, 1.54) is 17.4 Å². The van der Waals surface area contributed by atoms with E-state index < -0.39 is 4.92 Å². The van der Waals surface area contributed by atoms with E-state index in [0.717, 1.165) is 5.56 Å². The molecule has 0 amide bonds. The quantitative estimate of drug-likeness (QED) is 0.540. The molecular formula is C11H16N2O4. The summed E-state index contributed by atoms with van der Waals surface area (Å²) in [6, 6.07) is 6.29. The maximum absolute atomic E-state index is 10.5. The van der Waals surface area contributed by atoms with Crippen molar-refractivity contribution in [1.82, 2.24) is 5.23 Å². The summed E-state index contributed by atoms with van der Waals surface area (Å²) in [6.07, 6.45) is 0. The fourth-order valence-corrected chi connectivity index (χ4v) is 1.29. The number of hydrogen-bond donors (Lipinski definition) is 0. The van der Waals surface area contributed by atoms with E-state index in [9.17, 15) is 10.1 Å². The van der Waals surface area contributed by atoms with Crippen LogP contribution in [0.15, 0.2) is 24.3 Å². The Kier molecular flexibility index (Phi) is 5.55. The van der Waals surface area contributed by atoms with E-state index in [1.807, 2.05) is 13.8 Å². The highest BCUT2D eigenvalue weighted by atomic mass is 16.9. The summed E-state index contributed by atoms with van der Waals surface area (Å²) in [5, 5.41) is 11.9. The van der Waals surface area contributed by atoms with Crippen molar-refractivity contribution in [1.29, 1.82) is 0 Å². The molecule has 1 rings (SSSR count). The molecule has 0 aliphatic carbocycles. The van der Waals surface area contributed by atoms with Gasteiger partial charge in [0.25, 0.3) is 5.69 Å². The molecule has 0 spiro atoms. The van der Waals surface area contributed by atoms with E-state index in [-0.39, 0.29) is 5.69 Å². The van der Waals surface area contributed by atoms with Gasteiger partial charge in [0.2, 0.25) is 0 Å². The van der Waals surface area contributed by atoms with Gasteiger partial charge in [0.05, 0.1) is 24.7 Å². The van der Waals surface area contributed by atoms with E-state index in [2.05, 4.69) is 0 Å². The fraction of sp³-hybridized carbons (Fsp3) is 0.455. The van der Waals surface area contributed by atoms with Gasteiger partial charge in [-0.3, -0.25) is 19.8 Å². The summed E-state index contributed by atoms with van der Waals surface area (Å²) in [4.78, 5) is 20.5. The smallest absolute Gasteiger partial charge is 0.269 e. The molecular weight excluding hydrogens is 224 g/mol. The Balaban J connectivity index is 2.62. The number of rotatable bonds is 7. The highest BCUT2D eigenvalue weighted by molar-refractivity contribution is 5.32. The van der Waals surface area contributed by atoms with Crippen LogP contribution < -0.4 is 0 Å². The Labute approximate surface area is 99.8 Å². The Hall–Kier alpha value is -1.50. The average Bonchev–Trinajstić information content (AvgIpc) is 2.30. The monoisotopic (exact) mass is 240 g/mol. The number of nitro benzene ring substituents is 1. The van der Waals surface area contributed by atoms with Gasteiger partial charge in [0, 0.05) is 12.1 Å². The molecule has 0 radical (unpaired) electrons. The normalized spacial score (nSPS) is 10.8. The lowest BCUT2D eigenvalue weighted by Crippen LogP contribution is -2.24. The first-order chi connectivity index (χ1) is 8.17. The molecule has 1 aromatic rings. The molecule has 0 aliphatic rings. The topological polar surface area (TPSA) is 64.8 Å². The van der Waals surface area contributed by atoms with Gasteiger partial charge in [-0.15, -0.1) is 0 Å². The third kappa shape index (κ3) is 4.48. The van der Waals surface area contributed by atoms with Crippen LogP contribution in [0.25, 0.3) is 0 Å². The minimum Gasteiger partial charge on any atom is -0.274 e. The molecule has 0 atom stereocenters. The highest BCUT2D eigenvalue weighted by Gasteiger charge is 2.08. The Morgan fingerprint density at radius 1 is 1.18 bits per heavy atom. The fourth-order valence-electron chi connectivity index (χ4n) is 1.29. The molecule has 0 heterocycles. The van der Waals surface area contributed by atoms with Crippen molar-refractivity contribution in [2.24, 2.45) is 0 Å². The van der Waals surface area contributed by atoms with Gasteiger partial charge in [0.15, 0.2) is 0 Å². The molecule has 0 unspecified atom stereocenters. The lowest BCUT2D eigenvalue weighted by Gasteiger charge is -2.19. The SMILES string of the molecule is CCON(Cc1ccc([N+](=O)[O-])cc1)OCC. The van der Waals surface area contributed by atoms with Crippen LogP contribution >= 0.6 is 0 Å². The van der Waals surface area contributed by atoms with Gasteiger partial charge >= 0.3 is 0 Å². The molecule has 0 N–H and O–H groups in total. The van der Waals surface area contributed by atoms with Gasteiger partial charge in [-0.05, 0) is 19.4 Å². The zero-order valence-electron chi connectivity index (χ0n) is 9.96. The highest BCUT2D eigenvalue weighted by Crippen LogP contribution is 2.13. The summed E-state index contributed by atoms with van der Waals surface area (Å²) in [6.45, 7) is 5.17. The van der Waals surface area contributed by atoms with Crippen LogP contribution in [0.2, 0.25) is 0 Å². The van der Waals surface area contributed by atoms with Crippen LogP contribution in [0, 0.1) is 10.1 Å². The molecule has 1 aromatic carbocycles. The summed E-state index contributed by atoms with van der Waals surface area (Å²) >= 11 is 0. The van der Waals surface area contributed by atoms with Crippen molar-refractivity contribution < 1.29 is 14.6 Å². The van der Waals surface area contributed by atoms with Gasteiger partial charge in [0.1, 0.15) is 0 Å².